The third-order valence-corrected chi connectivity index (χ3v) is 4.24. The van der Waals surface area contributed by atoms with Gasteiger partial charge in [0.2, 0.25) is 0 Å². The third kappa shape index (κ3) is 2.99. The van der Waals surface area contributed by atoms with E-state index in [2.05, 4.69) is 15.5 Å². The quantitative estimate of drug-likeness (QED) is 0.920. The zero-order valence-electron chi connectivity index (χ0n) is 10.9. The van der Waals surface area contributed by atoms with Gasteiger partial charge in [-0.15, -0.1) is 10.2 Å². The maximum Gasteiger partial charge on any atom is 0.195 e. The summed E-state index contributed by atoms with van der Waals surface area (Å²) < 4.78 is 29.7. The van der Waals surface area contributed by atoms with Crippen LogP contribution in [0.2, 0.25) is 0 Å². The minimum atomic E-state index is -0.564. The van der Waals surface area contributed by atoms with Gasteiger partial charge in [-0.05, 0) is 42.3 Å². The molecule has 7 heteroatoms. The predicted octanol–water partition coefficient (Wildman–Crippen LogP) is 2.50. The minimum absolute atomic E-state index is 0.0451. The summed E-state index contributed by atoms with van der Waals surface area (Å²) in [6.07, 6.45) is 3.78. The summed E-state index contributed by atoms with van der Waals surface area (Å²) in [5, 5.41) is 11.2. The Morgan fingerprint density at radius 1 is 1.35 bits per heavy atom. The zero-order chi connectivity index (χ0) is 14.1. The first-order valence-electron chi connectivity index (χ1n) is 6.36. The molecule has 0 spiro atoms. The molecular weight excluding hydrogens is 282 g/mol. The number of aryl methyl sites for hydroxylation is 1. The van der Waals surface area contributed by atoms with Gasteiger partial charge in [-0.1, -0.05) is 0 Å². The summed E-state index contributed by atoms with van der Waals surface area (Å²) in [5.74, 6) is -1.13. The Bertz CT molecular complexity index is 602. The van der Waals surface area contributed by atoms with E-state index in [1.54, 1.807) is 11.6 Å². The minimum Gasteiger partial charge on any atom is -0.311 e. The lowest BCUT2D eigenvalue weighted by molar-refractivity contribution is 0.533. The van der Waals surface area contributed by atoms with Crippen LogP contribution in [0.15, 0.2) is 28.5 Å². The second kappa shape index (κ2) is 5.49. The van der Waals surface area contributed by atoms with Crippen LogP contribution in [-0.2, 0) is 13.6 Å². The molecule has 0 radical (unpaired) electrons. The molecule has 0 bridgehead atoms. The summed E-state index contributed by atoms with van der Waals surface area (Å²) in [5.41, 5.74) is 0.620. The topological polar surface area (TPSA) is 42.7 Å². The second-order valence-electron chi connectivity index (χ2n) is 4.87. The molecule has 0 atom stereocenters. The van der Waals surface area contributed by atoms with E-state index in [4.69, 9.17) is 0 Å². The number of hydrogen-bond donors (Lipinski definition) is 1. The Kier molecular flexibility index (Phi) is 3.71. The van der Waals surface area contributed by atoms with Crippen LogP contribution in [0.25, 0.3) is 0 Å². The van der Waals surface area contributed by atoms with Gasteiger partial charge in [0.05, 0.1) is 4.90 Å². The molecule has 1 aromatic carbocycles. The molecule has 1 aliphatic carbocycles. The standard InChI is InChI=1S/C13H14F2N4S/c1-19-7-17-18-13(19)20-12-10(14)4-8(5-11(12)15)6-16-9-2-3-9/h4-5,7,9,16H,2-3,6H2,1H3. The molecular formula is C13H14F2N4S. The third-order valence-electron chi connectivity index (χ3n) is 3.09. The monoisotopic (exact) mass is 296 g/mol. The van der Waals surface area contributed by atoms with Crippen LogP contribution < -0.4 is 5.32 Å². The van der Waals surface area contributed by atoms with Crippen molar-refractivity contribution in [3.63, 3.8) is 0 Å². The second-order valence-corrected chi connectivity index (χ2v) is 5.85. The highest BCUT2D eigenvalue weighted by Gasteiger charge is 2.21. The van der Waals surface area contributed by atoms with Crippen LogP contribution in [0, 0.1) is 11.6 Å². The molecule has 0 amide bonds. The van der Waals surface area contributed by atoms with E-state index in [-0.39, 0.29) is 4.90 Å². The molecule has 1 saturated carbocycles. The largest absolute Gasteiger partial charge is 0.311 e. The first kappa shape index (κ1) is 13.5. The number of nitrogens with one attached hydrogen (secondary N) is 1. The Morgan fingerprint density at radius 2 is 2.05 bits per heavy atom. The summed E-state index contributed by atoms with van der Waals surface area (Å²) in [6, 6.07) is 3.25. The molecule has 1 heterocycles. The lowest BCUT2D eigenvalue weighted by Crippen LogP contribution is -2.15. The predicted molar refractivity (Wildman–Crippen MR) is 71.3 cm³/mol. The highest BCUT2D eigenvalue weighted by molar-refractivity contribution is 7.99. The number of hydrogen-bond acceptors (Lipinski definition) is 4. The number of benzene rings is 1. The van der Waals surface area contributed by atoms with Gasteiger partial charge in [0.1, 0.15) is 18.0 Å². The van der Waals surface area contributed by atoms with Crippen molar-refractivity contribution in [2.75, 3.05) is 0 Å². The van der Waals surface area contributed by atoms with Gasteiger partial charge in [-0.2, -0.15) is 0 Å². The highest BCUT2D eigenvalue weighted by Crippen LogP contribution is 2.31. The van der Waals surface area contributed by atoms with Crippen molar-refractivity contribution in [1.29, 1.82) is 0 Å². The van der Waals surface area contributed by atoms with Gasteiger partial charge in [0, 0.05) is 19.6 Å². The summed E-state index contributed by atoms with van der Waals surface area (Å²) in [6.45, 7) is 0.493. The smallest absolute Gasteiger partial charge is 0.195 e. The van der Waals surface area contributed by atoms with Crippen LogP contribution in [0.5, 0.6) is 0 Å². The molecule has 2 aromatic rings. The maximum atomic E-state index is 14.0. The average Bonchev–Trinajstić information content (AvgIpc) is 3.15. The fraction of sp³-hybridized carbons (Fsp3) is 0.385. The Morgan fingerprint density at radius 3 is 2.60 bits per heavy atom. The van der Waals surface area contributed by atoms with Gasteiger partial charge >= 0.3 is 0 Å². The Balaban J connectivity index is 1.78. The highest BCUT2D eigenvalue weighted by atomic mass is 32.2. The molecule has 0 aliphatic heterocycles. The Hall–Kier alpha value is -1.47. The van der Waals surface area contributed by atoms with Gasteiger partial charge in [-0.25, -0.2) is 8.78 Å². The molecule has 0 saturated heterocycles. The van der Waals surface area contributed by atoms with Crippen LogP contribution in [-0.4, -0.2) is 20.8 Å². The summed E-state index contributed by atoms with van der Waals surface area (Å²) in [4.78, 5) is -0.0451. The first-order chi connectivity index (χ1) is 9.63. The van der Waals surface area contributed by atoms with E-state index in [1.165, 1.54) is 18.5 Å². The first-order valence-corrected chi connectivity index (χ1v) is 7.18. The number of nitrogens with zero attached hydrogens (tertiary/aromatic N) is 3. The van der Waals surface area contributed by atoms with Crippen LogP contribution in [0.1, 0.15) is 18.4 Å². The van der Waals surface area contributed by atoms with Crippen molar-refractivity contribution in [1.82, 2.24) is 20.1 Å². The lowest BCUT2D eigenvalue weighted by Gasteiger charge is -2.08. The van der Waals surface area contributed by atoms with E-state index in [1.807, 2.05) is 0 Å². The molecule has 1 aliphatic rings. The summed E-state index contributed by atoms with van der Waals surface area (Å²) in [7, 11) is 1.73. The molecule has 1 fully saturated rings. The van der Waals surface area contributed by atoms with Gasteiger partial charge in [0.15, 0.2) is 5.16 Å². The maximum absolute atomic E-state index is 14.0. The number of aromatic nitrogens is 3. The molecule has 3 rings (SSSR count). The van der Waals surface area contributed by atoms with Crippen molar-refractivity contribution in [2.24, 2.45) is 7.05 Å². The van der Waals surface area contributed by atoms with Crippen LogP contribution in [0.3, 0.4) is 0 Å². The number of rotatable bonds is 5. The fourth-order valence-corrected chi connectivity index (χ4v) is 2.59. The fourth-order valence-electron chi connectivity index (χ4n) is 1.82. The van der Waals surface area contributed by atoms with Gasteiger partial charge < -0.3 is 9.88 Å². The molecule has 1 N–H and O–H groups in total. The zero-order valence-corrected chi connectivity index (χ0v) is 11.8. The molecule has 106 valence electrons. The van der Waals surface area contributed by atoms with Crippen molar-refractivity contribution >= 4 is 11.8 Å². The lowest BCUT2D eigenvalue weighted by atomic mass is 10.2. The van der Waals surface area contributed by atoms with E-state index in [9.17, 15) is 8.78 Å². The summed E-state index contributed by atoms with van der Waals surface area (Å²) >= 11 is 0.939. The normalized spacial score (nSPS) is 14.8. The molecule has 20 heavy (non-hydrogen) atoms. The van der Waals surface area contributed by atoms with Gasteiger partial charge in [-0.3, -0.25) is 0 Å². The molecule has 1 aromatic heterocycles. The van der Waals surface area contributed by atoms with E-state index >= 15 is 0 Å². The number of halogens is 2. The molecule has 0 unspecified atom stereocenters. The van der Waals surface area contributed by atoms with E-state index in [0.29, 0.717) is 23.3 Å². The van der Waals surface area contributed by atoms with Gasteiger partial charge in [0.25, 0.3) is 0 Å². The Labute approximate surface area is 119 Å². The van der Waals surface area contributed by atoms with E-state index < -0.39 is 11.6 Å². The van der Waals surface area contributed by atoms with Crippen molar-refractivity contribution in [3.05, 3.63) is 35.7 Å². The van der Waals surface area contributed by atoms with Crippen molar-refractivity contribution in [3.8, 4) is 0 Å². The van der Waals surface area contributed by atoms with Crippen LogP contribution >= 0.6 is 11.8 Å². The SMILES string of the molecule is Cn1cnnc1Sc1c(F)cc(CNC2CC2)cc1F. The average molecular weight is 296 g/mol. The molecule has 4 nitrogen and oxygen atoms in total. The van der Waals surface area contributed by atoms with Crippen LogP contribution in [0.4, 0.5) is 8.78 Å². The van der Waals surface area contributed by atoms with E-state index in [0.717, 1.165) is 24.6 Å². The van der Waals surface area contributed by atoms with Crippen molar-refractivity contribution in [2.45, 2.75) is 35.5 Å². The van der Waals surface area contributed by atoms with Crippen molar-refractivity contribution < 1.29 is 8.78 Å².